The van der Waals surface area contributed by atoms with E-state index in [1.165, 1.54) is 0 Å². The number of benzene rings is 1. The van der Waals surface area contributed by atoms with Crippen LogP contribution in [0.2, 0.25) is 0 Å². The van der Waals surface area contributed by atoms with Gasteiger partial charge in [0.05, 0.1) is 5.69 Å². The number of carbonyl (C=O) groups is 1. The Balaban J connectivity index is 2.27. The number of rotatable bonds is 5. The summed E-state index contributed by atoms with van der Waals surface area (Å²) in [4.78, 5) is 13.9. The molecule has 0 fully saturated rings. The molecule has 0 radical (unpaired) electrons. The molecule has 1 aromatic carbocycles. The average Bonchev–Trinajstić information content (AvgIpc) is 2.94. The van der Waals surface area contributed by atoms with E-state index in [0.29, 0.717) is 0 Å². The molecule has 1 atom stereocenters. The van der Waals surface area contributed by atoms with Gasteiger partial charge in [-0.1, -0.05) is 43.7 Å². The lowest BCUT2D eigenvalue weighted by Crippen LogP contribution is -2.31. The summed E-state index contributed by atoms with van der Waals surface area (Å²) in [6, 6.07) is 11.8. The molecule has 2 rings (SSSR count). The van der Waals surface area contributed by atoms with Gasteiger partial charge in [-0.05, 0) is 12.5 Å². The first kappa shape index (κ1) is 14.3. The Kier molecular flexibility index (Phi) is 4.56. The third kappa shape index (κ3) is 3.07. The largest absolute Gasteiger partial charge is 0.347 e. The minimum Gasteiger partial charge on any atom is -0.347 e. The molecule has 1 heterocycles. The molecular formula is C16H21N3O. The van der Waals surface area contributed by atoms with Gasteiger partial charge in [0.2, 0.25) is 5.91 Å². The predicted molar refractivity (Wildman–Crippen MR) is 80.3 cm³/mol. The van der Waals surface area contributed by atoms with Crippen molar-refractivity contribution in [2.45, 2.75) is 25.8 Å². The number of hydrogen-bond donors (Lipinski definition) is 0. The molecule has 0 spiro atoms. The van der Waals surface area contributed by atoms with Gasteiger partial charge in [0.1, 0.15) is 6.04 Å². The Labute approximate surface area is 120 Å². The number of hydrogen-bond acceptors (Lipinski definition) is 2. The Bertz CT molecular complexity index is 560. The topological polar surface area (TPSA) is 38.1 Å². The highest BCUT2D eigenvalue weighted by Crippen LogP contribution is 2.21. The molecule has 0 bridgehead atoms. The monoisotopic (exact) mass is 271 g/mol. The summed E-state index contributed by atoms with van der Waals surface area (Å²) >= 11 is 0. The van der Waals surface area contributed by atoms with Gasteiger partial charge >= 0.3 is 0 Å². The summed E-state index contributed by atoms with van der Waals surface area (Å²) < 4.78 is 1.79. The minimum absolute atomic E-state index is 0.0922. The van der Waals surface area contributed by atoms with E-state index in [2.05, 4.69) is 12.0 Å². The van der Waals surface area contributed by atoms with Gasteiger partial charge in [0.15, 0.2) is 0 Å². The van der Waals surface area contributed by atoms with E-state index >= 15 is 0 Å². The normalized spacial score (nSPS) is 12.2. The van der Waals surface area contributed by atoms with Gasteiger partial charge in [-0.2, -0.15) is 5.10 Å². The highest BCUT2D eigenvalue weighted by atomic mass is 16.2. The number of carbonyl (C=O) groups excluding carboxylic acids is 1. The number of likely N-dealkylation sites (N-methyl/N-ethyl adjacent to an activating group) is 1. The van der Waals surface area contributed by atoms with Crippen LogP contribution in [0, 0.1) is 0 Å². The first-order chi connectivity index (χ1) is 9.63. The highest BCUT2D eigenvalue weighted by Gasteiger charge is 2.22. The zero-order chi connectivity index (χ0) is 14.5. The molecule has 4 nitrogen and oxygen atoms in total. The maximum atomic E-state index is 12.2. The van der Waals surface area contributed by atoms with Crippen LogP contribution >= 0.6 is 0 Å². The van der Waals surface area contributed by atoms with E-state index in [1.807, 2.05) is 42.6 Å². The van der Waals surface area contributed by atoms with Gasteiger partial charge in [-0.25, -0.2) is 0 Å². The second kappa shape index (κ2) is 6.37. The molecule has 0 aliphatic heterocycles. The van der Waals surface area contributed by atoms with E-state index in [0.717, 1.165) is 24.1 Å². The zero-order valence-electron chi connectivity index (χ0n) is 12.3. The van der Waals surface area contributed by atoms with Crippen molar-refractivity contribution in [2.24, 2.45) is 0 Å². The lowest BCUT2D eigenvalue weighted by atomic mass is 10.1. The van der Waals surface area contributed by atoms with Crippen molar-refractivity contribution in [1.29, 1.82) is 0 Å². The zero-order valence-corrected chi connectivity index (χ0v) is 12.3. The second-order valence-corrected chi connectivity index (χ2v) is 5.08. The van der Waals surface area contributed by atoms with Crippen LogP contribution in [-0.2, 0) is 4.79 Å². The van der Waals surface area contributed by atoms with Crippen LogP contribution in [0.25, 0.3) is 11.3 Å². The summed E-state index contributed by atoms with van der Waals surface area (Å²) in [6.07, 6.45) is 3.64. The van der Waals surface area contributed by atoms with Crippen LogP contribution in [0.1, 0.15) is 25.8 Å². The molecule has 0 aliphatic rings. The predicted octanol–water partition coefficient (Wildman–Crippen LogP) is 2.98. The van der Waals surface area contributed by atoms with Crippen molar-refractivity contribution >= 4 is 5.91 Å². The van der Waals surface area contributed by atoms with E-state index in [9.17, 15) is 4.79 Å². The quantitative estimate of drug-likeness (QED) is 0.838. The Morgan fingerprint density at radius 3 is 2.55 bits per heavy atom. The Morgan fingerprint density at radius 1 is 1.25 bits per heavy atom. The SMILES string of the molecule is CCCC(C(=O)N(C)C)n1ccc(-c2ccccc2)n1. The van der Waals surface area contributed by atoms with E-state index in [4.69, 9.17) is 0 Å². The van der Waals surface area contributed by atoms with Crippen LogP contribution in [0.5, 0.6) is 0 Å². The molecule has 4 heteroatoms. The van der Waals surface area contributed by atoms with Crippen molar-refractivity contribution in [3.63, 3.8) is 0 Å². The Hall–Kier alpha value is -2.10. The third-order valence-electron chi connectivity index (χ3n) is 3.29. The van der Waals surface area contributed by atoms with Crippen molar-refractivity contribution in [2.75, 3.05) is 14.1 Å². The molecular weight excluding hydrogens is 250 g/mol. The van der Waals surface area contributed by atoms with Crippen molar-refractivity contribution in [3.8, 4) is 11.3 Å². The third-order valence-corrected chi connectivity index (χ3v) is 3.29. The molecule has 1 aromatic heterocycles. The molecule has 2 aromatic rings. The molecule has 0 saturated carbocycles. The fourth-order valence-electron chi connectivity index (χ4n) is 2.21. The van der Waals surface area contributed by atoms with Gasteiger partial charge in [0, 0.05) is 25.9 Å². The van der Waals surface area contributed by atoms with E-state index < -0.39 is 0 Å². The molecule has 1 unspecified atom stereocenters. The van der Waals surface area contributed by atoms with Crippen LogP contribution < -0.4 is 0 Å². The summed E-state index contributed by atoms with van der Waals surface area (Å²) in [5, 5.41) is 4.57. The van der Waals surface area contributed by atoms with Gasteiger partial charge < -0.3 is 4.90 Å². The fourth-order valence-corrected chi connectivity index (χ4v) is 2.21. The standard InChI is InChI=1S/C16H21N3O/c1-4-8-15(16(20)18(2)3)19-12-11-14(17-19)13-9-6-5-7-10-13/h5-7,9-12,15H,4,8H2,1-3H3. The second-order valence-electron chi connectivity index (χ2n) is 5.08. The van der Waals surface area contributed by atoms with E-state index in [1.54, 1.807) is 23.7 Å². The molecule has 0 N–H and O–H groups in total. The van der Waals surface area contributed by atoms with Crippen LogP contribution in [-0.4, -0.2) is 34.7 Å². The summed E-state index contributed by atoms with van der Waals surface area (Å²) in [6.45, 7) is 2.08. The maximum Gasteiger partial charge on any atom is 0.246 e. The molecule has 0 aliphatic carbocycles. The van der Waals surface area contributed by atoms with Gasteiger partial charge in [0.25, 0.3) is 0 Å². The molecule has 1 amide bonds. The summed E-state index contributed by atoms with van der Waals surface area (Å²) in [7, 11) is 3.57. The van der Waals surface area contributed by atoms with Crippen molar-refractivity contribution < 1.29 is 4.79 Å². The number of aromatic nitrogens is 2. The van der Waals surface area contributed by atoms with Gasteiger partial charge in [-0.3, -0.25) is 9.48 Å². The van der Waals surface area contributed by atoms with Crippen LogP contribution in [0.15, 0.2) is 42.6 Å². The first-order valence-corrected chi connectivity index (χ1v) is 6.95. The fraction of sp³-hybridized carbons (Fsp3) is 0.375. The first-order valence-electron chi connectivity index (χ1n) is 6.95. The molecule has 106 valence electrons. The smallest absolute Gasteiger partial charge is 0.246 e. The summed E-state index contributed by atoms with van der Waals surface area (Å²) in [5.74, 6) is 0.0922. The number of amides is 1. The van der Waals surface area contributed by atoms with Crippen LogP contribution in [0.3, 0.4) is 0 Å². The summed E-state index contributed by atoms with van der Waals surface area (Å²) in [5.41, 5.74) is 1.97. The lowest BCUT2D eigenvalue weighted by Gasteiger charge is -2.20. The molecule has 0 saturated heterocycles. The van der Waals surface area contributed by atoms with Crippen molar-refractivity contribution in [3.05, 3.63) is 42.6 Å². The average molecular weight is 271 g/mol. The lowest BCUT2D eigenvalue weighted by molar-refractivity contribution is -0.132. The Morgan fingerprint density at radius 2 is 1.95 bits per heavy atom. The van der Waals surface area contributed by atoms with Crippen LogP contribution in [0.4, 0.5) is 0 Å². The minimum atomic E-state index is -0.215. The van der Waals surface area contributed by atoms with Gasteiger partial charge in [-0.15, -0.1) is 0 Å². The van der Waals surface area contributed by atoms with Crippen molar-refractivity contribution in [1.82, 2.24) is 14.7 Å². The number of nitrogens with zero attached hydrogens (tertiary/aromatic N) is 3. The highest BCUT2D eigenvalue weighted by molar-refractivity contribution is 5.79. The van der Waals surface area contributed by atoms with E-state index in [-0.39, 0.29) is 11.9 Å². The molecule has 20 heavy (non-hydrogen) atoms. The maximum absolute atomic E-state index is 12.2.